The molecule has 0 bridgehead atoms. The average molecular weight is 481 g/mol. The number of carbonyl (C=O) groups is 1. The van der Waals surface area contributed by atoms with Crippen molar-refractivity contribution in [2.24, 2.45) is 0 Å². The normalized spacial score (nSPS) is 12.8. The van der Waals surface area contributed by atoms with Gasteiger partial charge in [-0.05, 0) is 42.7 Å². The SMILES string of the molecule is CC(C)c1c(C(=O)NC(C)c2cccc(Br)c2)cnn1-c1ccc(C(F)(F)F)cn1. The average Bonchev–Trinajstić information content (AvgIpc) is 3.13. The van der Waals surface area contributed by atoms with Gasteiger partial charge in [-0.3, -0.25) is 4.79 Å². The van der Waals surface area contributed by atoms with E-state index >= 15 is 0 Å². The summed E-state index contributed by atoms with van der Waals surface area (Å²) in [5, 5.41) is 7.17. The largest absolute Gasteiger partial charge is 0.417 e. The minimum Gasteiger partial charge on any atom is -0.345 e. The molecule has 2 heterocycles. The first-order valence-corrected chi connectivity index (χ1v) is 10.0. The number of nitrogens with zero attached hydrogens (tertiary/aromatic N) is 3. The van der Waals surface area contributed by atoms with Crippen LogP contribution in [0.5, 0.6) is 0 Å². The van der Waals surface area contributed by atoms with Crippen molar-refractivity contribution >= 4 is 21.8 Å². The van der Waals surface area contributed by atoms with Gasteiger partial charge < -0.3 is 5.32 Å². The van der Waals surface area contributed by atoms with Crippen molar-refractivity contribution in [1.29, 1.82) is 0 Å². The van der Waals surface area contributed by atoms with E-state index in [1.165, 1.54) is 16.9 Å². The molecule has 158 valence electrons. The zero-order valence-corrected chi connectivity index (χ0v) is 18.1. The molecule has 30 heavy (non-hydrogen) atoms. The molecule has 0 saturated carbocycles. The number of aromatic nitrogens is 3. The Morgan fingerprint density at radius 2 is 1.87 bits per heavy atom. The molecule has 0 aliphatic carbocycles. The van der Waals surface area contributed by atoms with E-state index in [9.17, 15) is 18.0 Å². The summed E-state index contributed by atoms with van der Waals surface area (Å²) in [6.45, 7) is 5.63. The molecule has 1 N–H and O–H groups in total. The van der Waals surface area contributed by atoms with Crippen LogP contribution in [0.3, 0.4) is 0 Å². The number of halogens is 4. The molecule has 0 saturated heterocycles. The molecule has 5 nitrogen and oxygen atoms in total. The summed E-state index contributed by atoms with van der Waals surface area (Å²) >= 11 is 3.42. The van der Waals surface area contributed by atoms with Gasteiger partial charge in [0.1, 0.15) is 0 Å². The van der Waals surface area contributed by atoms with E-state index in [-0.39, 0.29) is 23.7 Å². The van der Waals surface area contributed by atoms with Gasteiger partial charge in [0.25, 0.3) is 5.91 Å². The van der Waals surface area contributed by atoms with E-state index in [1.807, 2.05) is 45.0 Å². The molecule has 0 aliphatic heterocycles. The van der Waals surface area contributed by atoms with E-state index in [1.54, 1.807) is 0 Å². The Kier molecular flexibility index (Phi) is 6.30. The Morgan fingerprint density at radius 1 is 1.13 bits per heavy atom. The predicted molar refractivity (Wildman–Crippen MR) is 110 cm³/mol. The third-order valence-corrected chi connectivity index (χ3v) is 5.08. The highest BCUT2D eigenvalue weighted by molar-refractivity contribution is 9.10. The lowest BCUT2D eigenvalue weighted by Gasteiger charge is -2.16. The van der Waals surface area contributed by atoms with Gasteiger partial charge >= 0.3 is 6.18 Å². The van der Waals surface area contributed by atoms with Gasteiger partial charge in [0.15, 0.2) is 5.82 Å². The summed E-state index contributed by atoms with van der Waals surface area (Å²) < 4.78 is 40.7. The summed E-state index contributed by atoms with van der Waals surface area (Å²) in [6, 6.07) is 9.56. The third kappa shape index (κ3) is 4.72. The Balaban J connectivity index is 1.89. The molecular formula is C21H20BrF3N4O. The lowest BCUT2D eigenvalue weighted by Crippen LogP contribution is -2.27. The van der Waals surface area contributed by atoms with Crippen molar-refractivity contribution in [1.82, 2.24) is 20.1 Å². The maximum absolute atomic E-state index is 12.9. The van der Waals surface area contributed by atoms with Crippen LogP contribution in [0.25, 0.3) is 5.82 Å². The topological polar surface area (TPSA) is 59.8 Å². The minimum atomic E-state index is -4.47. The van der Waals surface area contributed by atoms with Gasteiger partial charge in [-0.1, -0.05) is 41.9 Å². The first-order valence-electron chi connectivity index (χ1n) is 9.25. The highest BCUT2D eigenvalue weighted by Gasteiger charge is 2.31. The molecule has 1 amide bonds. The molecule has 0 radical (unpaired) electrons. The van der Waals surface area contributed by atoms with E-state index in [0.29, 0.717) is 11.3 Å². The van der Waals surface area contributed by atoms with Crippen LogP contribution in [0, 0.1) is 0 Å². The first kappa shape index (κ1) is 22.0. The molecule has 1 atom stereocenters. The highest BCUT2D eigenvalue weighted by atomic mass is 79.9. The number of amides is 1. The second kappa shape index (κ2) is 8.59. The Morgan fingerprint density at radius 3 is 2.43 bits per heavy atom. The van der Waals surface area contributed by atoms with Crippen LogP contribution in [0.2, 0.25) is 0 Å². The molecule has 3 aromatic rings. The fraction of sp³-hybridized carbons (Fsp3) is 0.286. The molecule has 0 aliphatic rings. The van der Waals surface area contributed by atoms with E-state index < -0.39 is 11.7 Å². The number of carbonyl (C=O) groups excluding carboxylic acids is 1. The quantitative estimate of drug-likeness (QED) is 0.512. The van der Waals surface area contributed by atoms with Gasteiger partial charge in [-0.15, -0.1) is 0 Å². The van der Waals surface area contributed by atoms with Crippen LogP contribution in [0.4, 0.5) is 13.2 Å². The fourth-order valence-electron chi connectivity index (χ4n) is 3.08. The number of nitrogens with one attached hydrogen (secondary N) is 1. The number of rotatable bonds is 5. The smallest absolute Gasteiger partial charge is 0.345 e. The minimum absolute atomic E-state index is 0.112. The Labute approximate surface area is 180 Å². The van der Waals surface area contributed by atoms with Crippen molar-refractivity contribution in [3.63, 3.8) is 0 Å². The number of hydrogen-bond acceptors (Lipinski definition) is 3. The maximum atomic E-state index is 12.9. The summed E-state index contributed by atoms with van der Waals surface area (Å²) in [7, 11) is 0. The van der Waals surface area contributed by atoms with Gasteiger partial charge in [0, 0.05) is 10.7 Å². The Bertz CT molecular complexity index is 1050. The predicted octanol–water partition coefficient (Wildman–Crippen LogP) is 5.66. The lowest BCUT2D eigenvalue weighted by atomic mass is 10.0. The van der Waals surface area contributed by atoms with Gasteiger partial charge in [0.05, 0.1) is 29.1 Å². The van der Waals surface area contributed by atoms with Crippen LogP contribution >= 0.6 is 15.9 Å². The van der Waals surface area contributed by atoms with Gasteiger partial charge in [-0.25, -0.2) is 9.67 Å². The number of alkyl halides is 3. The molecule has 0 fully saturated rings. The van der Waals surface area contributed by atoms with Crippen molar-refractivity contribution < 1.29 is 18.0 Å². The lowest BCUT2D eigenvalue weighted by molar-refractivity contribution is -0.137. The number of pyridine rings is 1. The monoisotopic (exact) mass is 480 g/mol. The van der Waals surface area contributed by atoms with Crippen molar-refractivity contribution in [3.05, 3.63) is 75.6 Å². The molecular weight excluding hydrogens is 461 g/mol. The second-order valence-electron chi connectivity index (χ2n) is 7.16. The summed E-state index contributed by atoms with van der Waals surface area (Å²) in [6.07, 6.45) is -2.29. The van der Waals surface area contributed by atoms with Crippen LogP contribution < -0.4 is 5.32 Å². The highest BCUT2D eigenvalue weighted by Crippen LogP contribution is 2.29. The van der Waals surface area contributed by atoms with E-state index in [2.05, 4.69) is 31.3 Å². The van der Waals surface area contributed by atoms with Crippen LogP contribution in [-0.4, -0.2) is 20.7 Å². The van der Waals surface area contributed by atoms with E-state index in [0.717, 1.165) is 22.3 Å². The first-order chi connectivity index (χ1) is 14.1. The van der Waals surface area contributed by atoms with Gasteiger partial charge in [0.2, 0.25) is 0 Å². The zero-order valence-electron chi connectivity index (χ0n) is 16.5. The van der Waals surface area contributed by atoms with Crippen LogP contribution in [0.15, 0.2) is 53.3 Å². The summed E-state index contributed by atoms with van der Waals surface area (Å²) in [5.41, 5.74) is 1.01. The summed E-state index contributed by atoms with van der Waals surface area (Å²) in [5.74, 6) is -0.214. The third-order valence-electron chi connectivity index (χ3n) is 4.59. The van der Waals surface area contributed by atoms with Crippen molar-refractivity contribution in [3.8, 4) is 5.82 Å². The summed E-state index contributed by atoms with van der Waals surface area (Å²) in [4.78, 5) is 16.8. The maximum Gasteiger partial charge on any atom is 0.417 e. The number of hydrogen-bond donors (Lipinski definition) is 1. The van der Waals surface area contributed by atoms with Gasteiger partial charge in [-0.2, -0.15) is 18.3 Å². The molecule has 1 aromatic carbocycles. The fourth-order valence-corrected chi connectivity index (χ4v) is 3.50. The van der Waals surface area contributed by atoms with Crippen LogP contribution in [0.1, 0.15) is 59.9 Å². The molecule has 0 spiro atoms. The van der Waals surface area contributed by atoms with Crippen LogP contribution in [-0.2, 0) is 6.18 Å². The van der Waals surface area contributed by atoms with Crippen molar-refractivity contribution in [2.75, 3.05) is 0 Å². The van der Waals surface area contributed by atoms with Crippen molar-refractivity contribution in [2.45, 2.75) is 38.9 Å². The molecule has 2 aromatic heterocycles. The Hall–Kier alpha value is -2.68. The second-order valence-corrected chi connectivity index (χ2v) is 8.08. The van der Waals surface area contributed by atoms with E-state index in [4.69, 9.17) is 0 Å². The molecule has 1 unspecified atom stereocenters. The standard InChI is InChI=1S/C21H20BrF3N4O/c1-12(2)19-17(20(30)28-13(3)14-5-4-6-16(22)9-14)11-27-29(19)18-8-7-15(10-26-18)21(23,24)25/h4-13H,1-3H3,(H,28,30). The molecule has 3 rings (SSSR count). The zero-order chi connectivity index (χ0) is 22.1. The molecule has 9 heteroatoms. The number of benzene rings is 1.